The molecule has 0 saturated carbocycles. The number of benzene rings is 1. The molecule has 0 bridgehead atoms. The van der Waals surface area contributed by atoms with Crippen LogP contribution in [0.25, 0.3) is 11.3 Å². The zero-order valence-corrected chi connectivity index (χ0v) is 22.1. The van der Waals surface area contributed by atoms with Crippen LogP contribution in [0.4, 0.5) is 10.5 Å². The molecule has 1 aliphatic rings. The number of amides is 2. The summed E-state index contributed by atoms with van der Waals surface area (Å²) < 4.78 is 13.3. The van der Waals surface area contributed by atoms with E-state index in [1.54, 1.807) is 11.9 Å². The van der Waals surface area contributed by atoms with E-state index in [2.05, 4.69) is 23.0 Å². The Labute approximate surface area is 214 Å². The summed E-state index contributed by atoms with van der Waals surface area (Å²) in [6.45, 7) is 11.7. The van der Waals surface area contributed by atoms with Gasteiger partial charge in [0.1, 0.15) is 11.8 Å². The van der Waals surface area contributed by atoms with Gasteiger partial charge >= 0.3 is 6.09 Å². The van der Waals surface area contributed by atoms with Gasteiger partial charge < -0.3 is 24.6 Å². The first kappa shape index (κ1) is 27.4. The lowest BCUT2D eigenvalue weighted by atomic mass is 10.1. The summed E-state index contributed by atoms with van der Waals surface area (Å²) in [5, 5.41) is 7.68. The van der Waals surface area contributed by atoms with Gasteiger partial charge in [0.2, 0.25) is 5.91 Å². The zero-order valence-electron chi connectivity index (χ0n) is 22.1. The lowest BCUT2D eigenvalue weighted by Crippen LogP contribution is -2.38. The maximum Gasteiger partial charge on any atom is 0.410 e. The predicted molar refractivity (Wildman–Crippen MR) is 141 cm³/mol. The molecule has 2 amide bonds. The van der Waals surface area contributed by atoms with E-state index in [4.69, 9.17) is 14.6 Å². The first-order chi connectivity index (χ1) is 17.1. The average molecular weight is 498 g/mol. The van der Waals surface area contributed by atoms with Crippen molar-refractivity contribution in [2.75, 3.05) is 39.1 Å². The highest BCUT2D eigenvalue weighted by atomic mass is 16.6. The monoisotopic (exact) mass is 497 g/mol. The number of carbonyl (C=O) groups excluding carboxylic acids is 2. The molecule has 1 fully saturated rings. The molecule has 2 heterocycles. The normalized spacial score (nSPS) is 16.0. The van der Waals surface area contributed by atoms with Crippen molar-refractivity contribution < 1.29 is 19.1 Å². The van der Waals surface area contributed by atoms with Crippen molar-refractivity contribution in [3.63, 3.8) is 0 Å². The maximum atomic E-state index is 12.3. The number of aromatic nitrogens is 2. The SMILES string of the molecule is C=CC(=O)Nc1ccc(-c2nn(C3CCCCO3)cc2CN(C)CCN(C)C(=O)OC(C)(C)C)cc1. The Morgan fingerprint density at radius 2 is 1.94 bits per heavy atom. The molecule has 1 aromatic carbocycles. The number of rotatable bonds is 9. The van der Waals surface area contributed by atoms with Crippen LogP contribution < -0.4 is 5.32 Å². The third-order valence-electron chi connectivity index (χ3n) is 5.83. The molecule has 1 aromatic heterocycles. The lowest BCUT2D eigenvalue weighted by molar-refractivity contribution is -0.111. The second-order valence-electron chi connectivity index (χ2n) is 10.2. The van der Waals surface area contributed by atoms with Gasteiger partial charge in [0, 0.05) is 56.3 Å². The average Bonchev–Trinajstić information content (AvgIpc) is 3.26. The van der Waals surface area contributed by atoms with Crippen LogP contribution in [-0.4, -0.2) is 71.0 Å². The Balaban J connectivity index is 1.74. The second-order valence-corrected chi connectivity index (χ2v) is 10.2. The van der Waals surface area contributed by atoms with Crippen molar-refractivity contribution in [1.82, 2.24) is 19.6 Å². The van der Waals surface area contributed by atoms with Crippen molar-refractivity contribution in [1.29, 1.82) is 0 Å². The van der Waals surface area contributed by atoms with Crippen LogP contribution >= 0.6 is 0 Å². The van der Waals surface area contributed by atoms with E-state index in [0.29, 0.717) is 25.3 Å². The van der Waals surface area contributed by atoms with Gasteiger partial charge in [-0.15, -0.1) is 0 Å². The van der Waals surface area contributed by atoms with Gasteiger partial charge in [-0.3, -0.25) is 4.79 Å². The summed E-state index contributed by atoms with van der Waals surface area (Å²) in [4.78, 5) is 27.7. The van der Waals surface area contributed by atoms with Gasteiger partial charge in [0.25, 0.3) is 0 Å². The molecular formula is C27H39N5O4. The summed E-state index contributed by atoms with van der Waals surface area (Å²) in [5.74, 6) is -0.250. The Kier molecular flexibility index (Phi) is 9.28. The van der Waals surface area contributed by atoms with Crippen molar-refractivity contribution in [3.05, 3.63) is 48.7 Å². The number of likely N-dealkylation sites (N-methyl/N-ethyl adjacent to an activating group) is 2. The number of ether oxygens (including phenoxy) is 2. The highest BCUT2D eigenvalue weighted by Gasteiger charge is 2.22. The van der Waals surface area contributed by atoms with Crippen LogP contribution in [-0.2, 0) is 20.8 Å². The molecule has 1 aliphatic heterocycles. The minimum atomic E-state index is -0.522. The summed E-state index contributed by atoms with van der Waals surface area (Å²) >= 11 is 0. The fraction of sp³-hybridized carbons (Fsp3) is 0.519. The third-order valence-corrected chi connectivity index (χ3v) is 5.83. The lowest BCUT2D eigenvalue weighted by Gasteiger charge is -2.26. The van der Waals surface area contributed by atoms with Crippen LogP contribution in [0.2, 0.25) is 0 Å². The molecule has 1 N–H and O–H groups in total. The number of nitrogens with zero attached hydrogens (tertiary/aromatic N) is 4. The number of hydrogen-bond acceptors (Lipinski definition) is 6. The fourth-order valence-electron chi connectivity index (χ4n) is 3.89. The van der Waals surface area contributed by atoms with E-state index in [1.165, 1.54) is 6.08 Å². The zero-order chi connectivity index (χ0) is 26.3. The van der Waals surface area contributed by atoms with Crippen LogP contribution in [0.15, 0.2) is 43.1 Å². The first-order valence-corrected chi connectivity index (χ1v) is 12.4. The molecule has 0 aliphatic carbocycles. The first-order valence-electron chi connectivity index (χ1n) is 12.4. The van der Waals surface area contributed by atoms with Gasteiger partial charge in [-0.1, -0.05) is 18.7 Å². The second kappa shape index (κ2) is 12.2. The quantitative estimate of drug-likeness (QED) is 0.507. The number of nitrogens with one attached hydrogen (secondary N) is 1. The fourth-order valence-corrected chi connectivity index (χ4v) is 3.89. The highest BCUT2D eigenvalue weighted by molar-refractivity contribution is 5.98. The van der Waals surface area contributed by atoms with E-state index in [9.17, 15) is 9.59 Å². The Morgan fingerprint density at radius 3 is 2.56 bits per heavy atom. The van der Waals surface area contributed by atoms with Crippen molar-refractivity contribution >= 4 is 17.7 Å². The van der Waals surface area contributed by atoms with Crippen LogP contribution in [0.3, 0.4) is 0 Å². The minimum absolute atomic E-state index is 0.0685. The van der Waals surface area contributed by atoms with Gasteiger partial charge in [0.05, 0.1) is 5.69 Å². The van der Waals surface area contributed by atoms with Crippen LogP contribution in [0.1, 0.15) is 51.8 Å². The maximum absolute atomic E-state index is 12.3. The summed E-state index contributed by atoms with van der Waals surface area (Å²) in [7, 11) is 3.77. The summed E-state index contributed by atoms with van der Waals surface area (Å²) in [6, 6.07) is 7.62. The minimum Gasteiger partial charge on any atom is -0.444 e. The number of carbonyl (C=O) groups is 2. The molecule has 1 atom stereocenters. The molecule has 0 radical (unpaired) electrons. The Hall–Kier alpha value is -3.17. The van der Waals surface area contributed by atoms with E-state index < -0.39 is 5.60 Å². The van der Waals surface area contributed by atoms with Crippen molar-refractivity contribution in [2.45, 2.75) is 58.4 Å². The number of hydrogen-bond donors (Lipinski definition) is 1. The largest absolute Gasteiger partial charge is 0.444 e. The molecule has 9 nitrogen and oxygen atoms in total. The third kappa shape index (κ3) is 7.93. The molecule has 1 unspecified atom stereocenters. The van der Waals surface area contributed by atoms with Gasteiger partial charge in [-0.2, -0.15) is 5.10 Å². The van der Waals surface area contributed by atoms with Crippen LogP contribution in [0, 0.1) is 0 Å². The van der Waals surface area contributed by atoms with E-state index in [1.807, 2.05) is 56.8 Å². The van der Waals surface area contributed by atoms with Gasteiger partial charge in [0.15, 0.2) is 0 Å². The van der Waals surface area contributed by atoms with E-state index >= 15 is 0 Å². The molecule has 3 rings (SSSR count). The summed E-state index contributed by atoms with van der Waals surface area (Å²) in [6.07, 6.45) is 6.03. The molecular weight excluding hydrogens is 458 g/mol. The van der Waals surface area contributed by atoms with E-state index in [-0.39, 0.29) is 18.2 Å². The molecule has 2 aromatic rings. The van der Waals surface area contributed by atoms with Crippen molar-refractivity contribution in [3.8, 4) is 11.3 Å². The smallest absolute Gasteiger partial charge is 0.410 e. The number of anilines is 1. The standard InChI is InChI=1S/C27H39N5O4/c1-7-23(33)28-22-13-11-20(12-14-22)25-21(19-32(29-25)24-10-8-9-17-35-24)18-30(5)15-16-31(6)26(34)36-27(2,3)4/h7,11-14,19,24H,1,8-10,15-18H2,2-6H3,(H,28,33). The molecule has 36 heavy (non-hydrogen) atoms. The van der Waals surface area contributed by atoms with Gasteiger partial charge in [-0.25, -0.2) is 9.48 Å². The highest BCUT2D eigenvalue weighted by Crippen LogP contribution is 2.29. The van der Waals surface area contributed by atoms with Crippen LogP contribution in [0.5, 0.6) is 0 Å². The molecule has 1 saturated heterocycles. The van der Waals surface area contributed by atoms with Crippen molar-refractivity contribution in [2.24, 2.45) is 0 Å². The topological polar surface area (TPSA) is 88.9 Å². The Morgan fingerprint density at radius 1 is 1.22 bits per heavy atom. The molecule has 0 spiro atoms. The molecule has 196 valence electrons. The predicted octanol–water partition coefficient (Wildman–Crippen LogP) is 4.67. The molecule has 9 heteroatoms. The Bertz CT molecular complexity index is 1040. The summed E-state index contributed by atoms with van der Waals surface area (Å²) in [5.41, 5.74) is 3.07. The van der Waals surface area contributed by atoms with E-state index in [0.717, 1.165) is 42.7 Å². The van der Waals surface area contributed by atoms with Gasteiger partial charge in [-0.05, 0) is 65.3 Å².